The summed E-state index contributed by atoms with van der Waals surface area (Å²) in [5, 5.41) is 47.6. The molecule has 13 nitrogen and oxygen atoms in total. The summed E-state index contributed by atoms with van der Waals surface area (Å²) in [7, 11) is 1.76. The Bertz CT molecular complexity index is 1190. The first-order valence-corrected chi connectivity index (χ1v) is 14.3. The molecular formula is C27H39N5O8S2. The van der Waals surface area contributed by atoms with Crippen LogP contribution in [0.4, 0.5) is 11.4 Å². The monoisotopic (exact) mass is 625 g/mol. The van der Waals surface area contributed by atoms with E-state index in [4.69, 9.17) is 43.4 Å². The minimum absolute atomic E-state index is 0.0944. The molecule has 0 aliphatic carbocycles. The van der Waals surface area contributed by atoms with Gasteiger partial charge < -0.3 is 60.9 Å². The average Bonchev–Trinajstić information content (AvgIpc) is 2.98. The molecule has 0 aromatic heterocycles. The van der Waals surface area contributed by atoms with E-state index >= 15 is 0 Å². The number of carbonyl (C=O) groups is 1. The second kappa shape index (κ2) is 17.4. The van der Waals surface area contributed by atoms with Crippen molar-refractivity contribution in [3.8, 4) is 0 Å². The van der Waals surface area contributed by atoms with Crippen LogP contribution in [0, 0.1) is 0 Å². The van der Waals surface area contributed by atoms with Crippen molar-refractivity contribution in [1.82, 2.24) is 16.0 Å². The molecule has 1 aliphatic heterocycles. The van der Waals surface area contributed by atoms with E-state index in [2.05, 4.69) is 26.6 Å². The number of hydrogen-bond donors (Lipinski definition) is 8. The highest BCUT2D eigenvalue weighted by atomic mass is 32.1. The Morgan fingerprint density at radius 2 is 1.50 bits per heavy atom. The third-order valence-corrected chi connectivity index (χ3v) is 6.86. The van der Waals surface area contributed by atoms with Crippen molar-refractivity contribution in [3.05, 3.63) is 36.4 Å². The molecule has 0 spiro atoms. The number of anilines is 2. The van der Waals surface area contributed by atoms with Gasteiger partial charge in [0.25, 0.3) is 0 Å². The average molecular weight is 626 g/mol. The van der Waals surface area contributed by atoms with Crippen LogP contribution in [0.2, 0.25) is 0 Å². The van der Waals surface area contributed by atoms with Crippen LogP contribution in [-0.4, -0.2) is 115 Å². The van der Waals surface area contributed by atoms with Gasteiger partial charge in [0.05, 0.1) is 39.6 Å². The Hall–Kier alpha value is -2.73. The second-order valence-corrected chi connectivity index (χ2v) is 10.1. The Kier molecular flexibility index (Phi) is 14.0. The van der Waals surface area contributed by atoms with E-state index in [-0.39, 0.29) is 13.2 Å². The Morgan fingerprint density at radius 3 is 2.10 bits per heavy atom. The number of fused-ring (bicyclic) bond motifs is 1. The highest BCUT2D eigenvalue weighted by molar-refractivity contribution is 7.80. The number of hydrogen-bond acceptors (Lipinski definition) is 10. The molecule has 1 amide bonds. The molecule has 1 saturated heterocycles. The quantitative estimate of drug-likeness (QED) is 0.104. The molecule has 8 N–H and O–H groups in total. The summed E-state index contributed by atoms with van der Waals surface area (Å²) in [5.41, 5.74) is 1.75. The number of aliphatic hydroxyl groups is 3. The number of ether oxygens (including phenoxy) is 4. The lowest BCUT2D eigenvalue weighted by molar-refractivity contribution is -0.272. The van der Waals surface area contributed by atoms with E-state index in [1.807, 2.05) is 36.4 Å². The van der Waals surface area contributed by atoms with E-state index in [1.165, 1.54) is 6.92 Å². The molecule has 42 heavy (non-hydrogen) atoms. The summed E-state index contributed by atoms with van der Waals surface area (Å²) in [5.74, 6) is -0.420. The van der Waals surface area contributed by atoms with Crippen LogP contribution >= 0.6 is 24.4 Å². The smallest absolute Gasteiger partial charge is 0.217 e. The minimum Gasteiger partial charge on any atom is -0.394 e. The van der Waals surface area contributed by atoms with Crippen LogP contribution in [0.15, 0.2) is 36.4 Å². The zero-order chi connectivity index (χ0) is 30.5. The molecule has 5 atom stereocenters. The standard InChI is InChI=1S/C27H39N5O8S2/c1-16(34)30-22-24(36)23(35)21(15-33)40-25(22)39-14-13-38-12-11-37-10-9-29-27(42)32-20-8-7-19(31-26(41)28-2)17-5-3-4-6-18(17)20/h3-8,21-25,33,35-36H,9-15H2,1-2H3,(H,30,34)(H2,28,31,41)(H2,29,32,42)/t21?,22?,23-,24?,25-/m1/s1. The van der Waals surface area contributed by atoms with Gasteiger partial charge in [0.2, 0.25) is 5.91 Å². The normalized spacial score (nSPS) is 21.9. The first kappa shape index (κ1) is 33.8. The fourth-order valence-electron chi connectivity index (χ4n) is 4.26. The Labute approximate surface area is 255 Å². The maximum Gasteiger partial charge on any atom is 0.217 e. The van der Waals surface area contributed by atoms with Gasteiger partial charge in [0.1, 0.15) is 24.4 Å². The van der Waals surface area contributed by atoms with Crippen molar-refractivity contribution >= 4 is 62.7 Å². The summed E-state index contributed by atoms with van der Waals surface area (Å²) in [4.78, 5) is 11.5. The predicted molar refractivity (Wildman–Crippen MR) is 166 cm³/mol. The molecule has 3 unspecified atom stereocenters. The molecule has 0 radical (unpaired) electrons. The zero-order valence-electron chi connectivity index (χ0n) is 23.5. The first-order chi connectivity index (χ1) is 20.2. The van der Waals surface area contributed by atoms with Crippen LogP contribution in [0.5, 0.6) is 0 Å². The number of benzene rings is 2. The molecule has 1 heterocycles. The highest BCUT2D eigenvalue weighted by Crippen LogP contribution is 2.30. The van der Waals surface area contributed by atoms with Gasteiger partial charge in [-0.25, -0.2) is 0 Å². The molecule has 2 aromatic carbocycles. The molecule has 15 heteroatoms. The lowest BCUT2D eigenvalue weighted by Gasteiger charge is -2.42. The van der Waals surface area contributed by atoms with Gasteiger partial charge in [0.15, 0.2) is 16.5 Å². The van der Waals surface area contributed by atoms with Crippen molar-refractivity contribution in [2.45, 2.75) is 37.6 Å². The third kappa shape index (κ3) is 9.93. The van der Waals surface area contributed by atoms with E-state index in [0.29, 0.717) is 36.6 Å². The van der Waals surface area contributed by atoms with Crippen molar-refractivity contribution in [2.24, 2.45) is 0 Å². The largest absolute Gasteiger partial charge is 0.394 e. The second-order valence-electron chi connectivity index (χ2n) is 9.32. The molecule has 1 fully saturated rings. The van der Waals surface area contributed by atoms with Crippen LogP contribution in [0.3, 0.4) is 0 Å². The van der Waals surface area contributed by atoms with Crippen molar-refractivity contribution < 1.29 is 39.1 Å². The van der Waals surface area contributed by atoms with Gasteiger partial charge in [0, 0.05) is 42.7 Å². The predicted octanol–water partition coefficient (Wildman–Crippen LogP) is 0.0359. The van der Waals surface area contributed by atoms with E-state index in [0.717, 1.165) is 22.1 Å². The number of amides is 1. The Morgan fingerprint density at radius 1 is 0.905 bits per heavy atom. The van der Waals surface area contributed by atoms with E-state index in [9.17, 15) is 20.1 Å². The fraction of sp³-hybridized carbons (Fsp3) is 0.519. The molecule has 0 saturated carbocycles. The third-order valence-electron chi connectivity index (χ3n) is 6.31. The minimum atomic E-state index is -1.36. The fourth-order valence-corrected chi connectivity index (χ4v) is 4.59. The zero-order valence-corrected chi connectivity index (χ0v) is 25.1. The molecule has 0 bridgehead atoms. The van der Waals surface area contributed by atoms with Crippen LogP contribution < -0.4 is 26.6 Å². The Balaban J connectivity index is 1.31. The van der Waals surface area contributed by atoms with E-state index < -0.39 is 43.2 Å². The molecule has 1 aliphatic rings. The topological polar surface area (TPSA) is 175 Å². The van der Waals surface area contributed by atoms with Crippen molar-refractivity contribution in [3.63, 3.8) is 0 Å². The summed E-state index contributed by atoms with van der Waals surface area (Å²) < 4.78 is 22.2. The van der Waals surface area contributed by atoms with Gasteiger partial charge in [-0.2, -0.15) is 0 Å². The molecule has 232 valence electrons. The van der Waals surface area contributed by atoms with Gasteiger partial charge >= 0.3 is 0 Å². The van der Waals surface area contributed by atoms with Gasteiger partial charge in [-0.1, -0.05) is 24.3 Å². The van der Waals surface area contributed by atoms with Crippen LogP contribution in [-0.2, 0) is 23.7 Å². The summed E-state index contributed by atoms with van der Waals surface area (Å²) in [6, 6.07) is 10.8. The number of thiocarbonyl (C=S) groups is 2. The highest BCUT2D eigenvalue weighted by Gasteiger charge is 2.45. The lowest BCUT2D eigenvalue weighted by Crippen LogP contribution is -2.64. The molecule has 3 rings (SSSR count). The number of aliphatic hydroxyl groups excluding tert-OH is 3. The maximum absolute atomic E-state index is 11.5. The molecule has 2 aromatic rings. The van der Waals surface area contributed by atoms with Gasteiger partial charge in [-0.05, 0) is 36.6 Å². The maximum atomic E-state index is 11.5. The number of carbonyl (C=O) groups excluding carboxylic acids is 1. The summed E-state index contributed by atoms with van der Waals surface area (Å²) in [6.45, 7) is 2.63. The van der Waals surface area contributed by atoms with Crippen LogP contribution in [0.1, 0.15) is 6.92 Å². The van der Waals surface area contributed by atoms with Crippen molar-refractivity contribution in [1.29, 1.82) is 0 Å². The number of nitrogens with one attached hydrogen (secondary N) is 5. The lowest BCUT2D eigenvalue weighted by atomic mass is 9.97. The molecular weight excluding hydrogens is 586 g/mol. The SMILES string of the molecule is CNC(=S)Nc1ccc(NC(=S)NCCOCCOCCO[C@@H]2OC(CO)[C@@H](O)C(O)C2NC(C)=O)c2ccccc12. The van der Waals surface area contributed by atoms with Gasteiger partial charge in [-0.3, -0.25) is 4.79 Å². The van der Waals surface area contributed by atoms with Gasteiger partial charge in [-0.15, -0.1) is 0 Å². The van der Waals surface area contributed by atoms with Crippen molar-refractivity contribution in [2.75, 3.05) is 63.9 Å². The van der Waals surface area contributed by atoms with Crippen LogP contribution in [0.25, 0.3) is 10.8 Å². The summed E-state index contributed by atoms with van der Waals surface area (Å²) in [6.07, 6.45) is -4.82. The number of rotatable bonds is 14. The van der Waals surface area contributed by atoms with E-state index in [1.54, 1.807) is 7.05 Å². The first-order valence-electron chi connectivity index (χ1n) is 13.5. The summed E-state index contributed by atoms with van der Waals surface area (Å²) >= 11 is 10.7.